The first-order valence-corrected chi connectivity index (χ1v) is 8.85. The molecule has 0 spiro atoms. The van der Waals surface area contributed by atoms with Gasteiger partial charge in [-0.25, -0.2) is 4.79 Å². The average Bonchev–Trinajstić information content (AvgIpc) is 2.63. The minimum Gasteiger partial charge on any atom is -0.504 e. The molecule has 0 fully saturated rings. The summed E-state index contributed by atoms with van der Waals surface area (Å²) < 4.78 is 15.7. The van der Waals surface area contributed by atoms with Crippen molar-refractivity contribution in [1.29, 1.82) is 0 Å². The monoisotopic (exact) mass is 376 g/mol. The summed E-state index contributed by atoms with van der Waals surface area (Å²) >= 11 is 0. The first-order chi connectivity index (χ1) is 12.9. The Hall–Kier alpha value is -2.67. The maximum atomic E-state index is 12.4. The van der Waals surface area contributed by atoms with Crippen LogP contribution in [0.1, 0.15) is 47.7 Å². The van der Waals surface area contributed by atoms with E-state index in [0.717, 1.165) is 6.42 Å². The first kappa shape index (κ1) is 20.6. The van der Waals surface area contributed by atoms with E-state index in [4.69, 9.17) is 13.9 Å². The predicted molar refractivity (Wildman–Crippen MR) is 99.9 cm³/mol. The summed E-state index contributed by atoms with van der Waals surface area (Å²) in [6.45, 7) is 4.14. The quantitative estimate of drug-likeness (QED) is 0.386. The fourth-order valence-corrected chi connectivity index (χ4v) is 2.92. The second-order valence-corrected chi connectivity index (χ2v) is 6.25. The van der Waals surface area contributed by atoms with E-state index < -0.39 is 5.63 Å². The number of hydrogen-bond acceptors (Lipinski definition) is 7. The Morgan fingerprint density at radius 2 is 2.04 bits per heavy atom. The van der Waals surface area contributed by atoms with Crippen LogP contribution in [0.4, 0.5) is 0 Å². The Kier molecular flexibility index (Phi) is 7.12. The van der Waals surface area contributed by atoms with Crippen molar-refractivity contribution in [3.05, 3.63) is 33.2 Å². The van der Waals surface area contributed by atoms with Gasteiger partial charge in [-0.15, -0.1) is 0 Å². The van der Waals surface area contributed by atoms with Gasteiger partial charge in [-0.3, -0.25) is 9.59 Å². The van der Waals surface area contributed by atoms with E-state index in [1.165, 1.54) is 13.2 Å². The zero-order valence-corrected chi connectivity index (χ0v) is 15.8. The number of aromatic hydroxyl groups is 1. The van der Waals surface area contributed by atoms with Crippen LogP contribution in [0.15, 0.2) is 15.3 Å². The first-order valence-electron chi connectivity index (χ1n) is 8.85. The standard InChI is InChI=1S/C20H24O7/c1-4-5-13(22)6-7-14-12(2)15-10-17(26-9-8-25-3)18(23)16(11-21)19(15)27-20(14)24/h10-11,23H,4-9H2,1-3H3. The van der Waals surface area contributed by atoms with Crippen LogP contribution < -0.4 is 10.4 Å². The van der Waals surface area contributed by atoms with Gasteiger partial charge in [0.25, 0.3) is 0 Å². The molecule has 0 aliphatic rings. The molecule has 27 heavy (non-hydrogen) atoms. The van der Waals surface area contributed by atoms with Gasteiger partial charge < -0.3 is 19.0 Å². The van der Waals surface area contributed by atoms with Crippen molar-refractivity contribution < 1.29 is 28.6 Å². The Labute approximate surface area is 156 Å². The summed E-state index contributed by atoms with van der Waals surface area (Å²) in [4.78, 5) is 35.7. The number of aryl methyl sites for hydroxylation is 1. The lowest BCUT2D eigenvalue weighted by Gasteiger charge is -2.13. The number of benzene rings is 1. The fourth-order valence-electron chi connectivity index (χ4n) is 2.92. The van der Waals surface area contributed by atoms with Gasteiger partial charge in [-0.1, -0.05) is 6.92 Å². The summed E-state index contributed by atoms with van der Waals surface area (Å²) in [5.74, 6) is -0.201. The van der Waals surface area contributed by atoms with Gasteiger partial charge >= 0.3 is 5.63 Å². The largest absolute Gasteiger partial charge is 0.504 e. The van der Waals surface area contributed by atoms with Crippen LogP contribution in [0.2, 0.25) is 0 Å². The number of methoxy groups -OCH3 is 1. The van der Waals surface area contributed by atoms with E-state index in [0.29, 0.717) is 35.8 Å². The lowest BCUT2D eigenvalue weighted by Crippen LogP contribution is -2.13. The summed E-state index contributed by atoms with van der Waals surface area (Å²) in [6, 6.07) is 1.53. The van der Waals surface area contributed by atoms with Gasteiger partial charge in [0.2, 0.25) is 0 Å². The van der Waals surface area contributed by atoms with Crippen LogP contribution in [-0.4, -0.2) is 37.5 Å². The SMILES string of the molecule is CCCC(=O)CCc1c(C)c2cc(OCCOC)c(O)c(C=O)c2oc1=O. The van der Waals surface area contributed by atoms with Gasteiger partial charge in [0, 0.05) is 30.9 Å². The molecule has 1 aromatic heterocycles. The van der Waals surface area contributed by atoms with Crippen LogP contribution in [0.25, 0.3) is 11.0 Å². The Balaban J connectivity index is 2.52. The molecule has 2 aromatic rings. The summed E-state index contributed by atoms with van der Waals surface area (Å²) in [7, 11) is 1.52. The molecule has 7 heteroatoms. The van der Waals surface area contributed by atoms with E-state index in [-0.39, 0.29) is 47.9 Å². The highest BCUT2D eigenvalue weighted by Crippen LogP contribution is 2.37. The molecular weight excluding hydrogens is 352 g/mol. The number of hydrogen-bond donors (Lipinski definition) is 1. The third-order valence-electron chi connectivity index (χ3n) is 4.40. The molecule has 2 rings (SSSR count). The van der Waals surface area contributed by atoms with Gasteiger partial charge in [-0.05, 0) is 31.4 Å². The Morgan fingerprint density at radius 1 is 1.30 bits per heavy atom. The van der Waals surface area contributed by atoms with Gasteiger partial charge in [0.1, 0.15) is 18.0 Å². The molecule has 0 saturated carbocycles. The Bertz CT molecular complexity index is 896. The highest BCUT2D eigenvalue weighted by atomic mass is 16.5. The van der Waals surface area contributed by atoms with Gasteiger partial charge in [-0.2, -0.15) is 0 Å². The molecule has 0 unspecified atom stereocenters. The normalized spacial score (nSPS) is 10.9. The number of ketones is 1. The third-order valence-corrected chi connectivity index (χ3v) is 4.40. The average molecular weight is 376 g/mol. The van der Waals surface area contributed by atoms with E-state index in [1.807, 2.05) is 6.92 Å². The molecule has 7 nitrogen and oxygen atoms in total. The third kappa shape index (κ3) is 4.54. The van der Waals surface area contributed by atoms with Crippen molar-refractivity contribution in [3.63, 3.8) is 0 Å². The molecular formula is C20H24O7. The molecule has 0 atom stereocenters. The van der Waals surface area contributed by atoms with Crippen LogP contribution in [0.3, 0.4) is 0 Å². The number of aldehydes is 1. The minimum absolute atomic E-state index is 0.00715. The maximum Gasteiger partial charge on any atom is 0.339 e. The van der Waals surface area contributed by atoms with Crippen molar-refractivity contribution >= 4 is 23.0 Å². The summed E-state index contributed by atoms with van der Waals surface area (Å²) in [5, 5.41) is 10.8. The van der Waals surface area contributed by atoms with Crippen molar-refractivity contribution in [3.8, 4) is 11.5 Å². The zero-order chi connectivity index (χ0) is 20.0. The van der Waals surface area contributed by atoms with Crippen LogP contribution in [0.5, 0.6) is 11.5 Å². The van der Waals surface area contributed by atoms with Crippen LogP contribution in [0, 0.1) is 6.92 Å². The lowest BCUT2D eigenvalue weighted by atomic mass is 9.98. The minimum atomic E-state index is -0.611. The molecule has 0 saturated heterocycles. The molecule has 1 aromatic carbocycles. The van der Waals surface area contributed by atoms with Crippen molar-refractivity contribution in [2.24, 2.45) is 0 Å². The molecule has 0 amide bonds. The summed E-state index contributed by atoms with van der Waals surface area (Å²) in [5.41, 5.74) is 0.240. The number of carbonyl (C=O) groups is 2. The van der Waals surface area contributed by atoms with Crippen molar-refractivity contribution in [2.75, 3.05) is 20.3 Å². The van der Waals surface area contributed by atoms with E-state index in [9.17, 15) is 19.5 Å². The second-order valence-electron chi connectivity index (χ2n) is 6.25. The van der Waals surface area contributed by atoms with Crippen LogP contribution in [-0.2, 0) is 16.0 Å². The molecule has 0 radical (unpaired) electrons. The fraction of sp³-hybridized carbons (Fsp3) is 0.450. The number of ether oxygens (including phenoxy) is 2. The second kappa shape index (κ2) is 9.32. The number of phenolic OH excluding ortho intramolecular Hbond substituents is 1. The van der Waals surface area contributed by atoms with Crippen molar-refractivity contribution in [1.82, 2.24) is 0 Å². The van der Waals surface area contributed by atoms with E-state index in [1.54, 1.807) is 6.92 Å². The lowest BCUT2D eigenvalue weighted by molar-refractivity contribution is -0.119. The van der Waals surface area contributed by atoms with E-state index in [2.05, 4.69) is 0 Å². The number of Topliss-reactive ketones (excluding diaryl/α,β-unsaturated/α-hetero) is 1. The zero-order valence-electron chi connectivity index (χ0n) is 15.8. The number of fused-ring (bicyclic) bond motifs is 1. The molecule has 0 aliphatic carbocycles. The molecule has 146 valence electrons. The van der Waals surface area contributed by atoms with Crippen molar-refractivity contribution in [2.45, 2.75) is 39.5 Å². The van der Waals surface area contributed by atoms with E-state index >= 15 is 0 Å². The summed E-state index contributed by atoms with van der Waals surface area (Å²) in [6.07, 6.45) is 2.17. The number of rotatable bonds is 10. The topological polar surface area (TPSA) is 103 Å². The smallest absolute Gasteiger partial charge is 0.339 e. The van der Waals surface area contributed by atoms with Gasteiger partial charge in [0.15, 0.2) is 23.4 Å². The Morgan fingerprint density at radius 3 is 2.67 bits per heavy atom. The molecule has 0 bridgehead atoms. The molecule has 0 aliphatic heterocycles. The highest BCUT2D eigenvalue weighted by Gasteiger charge is 2.20. The van der Waals surface area contributed by atoms with Crippen LogP contribution >= 0.6 is 0 Å². The molecule has 1 N–H and O–H groups in total. The number of phenols is 1. The van der Waals surface area contributed by atoms with Gasteiger partial charge in [0.05, 0.1) is 6.61 Å². The highest BCUT2D eigenvalue weighted by molar-refractivity contribution is 6.00. The molecule has 1 heterocycles. The number of carbonyl (C=O) groups excluding carboxylic acids is 2. The maximum absolute atomic E-state index is 12.4. The predicted octanol–water partition coefficient (Wildman–Crippen LogP) is 2.95.